The van der Waals surface area contributed by atoms with Gasteiger partial charge in [0.25, 0.3) is 0 Å². The quantitative estimate of drug-likeness (QED) is 0.891. The van der Waals surface area contributed by atoms with Crippen LogP contribution in [-0.2, 0) is 19.5 Å². The predicted octanol–water partition coefficient (Wildman–Crippen LogP) is 2.71. The molecule has 0 bridgehead atoms. The standard InChI is InChI=1S/C16H18N2/c17-11-13-5-7-14(8-6-13)12-18-10-9-15-3-1-2-4-16(15)18/h1-8H,9-12,17H2. The minimum atomic E-state index is 0.618. The van der Waals surface area contributed by atoms with E-state index >= 15 is 0 Å². The second kappa shape index (κ2) is 4.83. The first-order valence-corrected chi connectivity index (χ1v) is 6.47. The molecule has 3 rings (SSSR count). The monoisotopic (exact) mass is 238 g/mol. The van der Waals surface area contributed by atoms with E-state index in [1.165, 1.54) is 22.4 Å². The molecule has 18 heavy (non-hydrogen) atoms. The van der Waals surface area contributed by atoms with Crippen molar-refractivity contribution in [3.05, 3.63) is 65.2 Å². The minimum absolute atomic E-state index is 0.618. The third kappa shape index (κ3) is 2.12. The molecular formula is C16H18N2. The average Bonchev–Trinajstić information content (AvgIpc) is 2.83. The molecule has 0 amide bonds. The van der Waals surface area contributed by atoms with Crippen molar-refractivity contribution in [1.82, 2.24) is 0 Å². The molecule has 0 radical (unpaired) electrons. The normalized spacial score (nSPS) is 13.7. The van der Waals surface area contributed by atoms with Crippen LogP contribution >= 0.6 is 0 Å². The number of anilines is 1. The van der Waals surface area contributed by atoms with Crippen LogP contribution in [0.15, 0.2) is 48.5 Å². The van der Waals surface area contributed by atoms with Crippen LogP contribution in [0.4, 0.5) is 5.69 Å². The van der Waals surface area contributed by atoms with Crippen molar-refractivity contribution in [2.24, 2.45) is 5.73 Å². The van der Waals surface area contributed by atoms with E-state index in [0.29, 0.717) is 6.54 Å². The van der Waals surface area contributed by atoms with Crippen LogP contribution in [0.1, 0.15) is 16.7 Å². The van der Waals surface area contributed by atoms with Gasteiger partial charge in [-0.05, 0) is 29.2 Å². The number of rotatable bonds is 3. The van der Waals surface area contributed by atoms with Gasteiger partial charge in [0, 0.05) is 25.3 Å². The Morgan fingerprint density at radius 1 is 0.944 bits per heavy atom. The maximum atomic E-state index is 5.62. The highest BCUT2D eigenvalue weighted by Gasteiger charge is 2.17. The molecule has 2 N–H and O–H groups in total. The molecule has 0 fully saturated rings. The van der Waals surface area contributed by atoms with E-state index in [-0.39, 0.29) is 0 Å². The molecule has 0 saturated heterocycles. The Morgan fingerprint density at radius 3 is 2.44 bits per heavy atom. The first kappa shape index (κ1) is 11.3. The van der Waals surface area contributed by atoms with Crippen molar-refractivity contribution >= 4 is 5.69 Å². The zero-order chi connectivity index (χ0) is 12.4. The molecule has 0 spiro atoms. The van der Waals surface area contributed by atoms with E-state index < -0.39 is 0 Å². The number of hydrogen-bond donors (Lipinski definition) is 1. The van der Waals surface area contributed by atoms with Gasteiger partial charge in [-0.25, -0.2) is 0 Å². The second-order valence-electron chi connectivity index (χ2n) is 4.82. The van der Waals surface area contributed by atoms with E-state index in [1.54, 1.807) is 0 Å². The van der Waals surface area contributed by atoms with Gasteiger partial charge in [0.2, 0.25) is 0 Å². The van der Waals surface area contributed by atoms with Gasteiger partial charge in [-0.1, -0.05) is 42.5 Å². The summed E-state index contributed by atoms with van der Waals surface area (Å²) in [7, 11) is 0. The number of nitrogens with two attached hydrogens (primary N) is 1. The van der Waals surface area contributed by atoms with Crippen molar-refractivity contribution in [2.45, 2.75) is 19.5 Å². The van der Waals surface area contributed by atoms with Gasteiger partial charge in [-0.3, -0.25) is 0 Å². The average molecular weight is 238 g/mol. The molecule has 0 saturated carbocycles. The fourth-order valence-electron chi connectivity index (χ4n) is 2.57. The van der Waals surface area contributed by atoms with E-state index in [0.717, 1.165) is 19.5 Å². The van der Waals surface area contributed by atoms with Gasteiger partial charge in [-0.2, -0.15) is 0 Å². The fourth-order valence-corrected chi connectivity index (χ4v) is 2.57. The van der Waals surface area contributed by atoms with Crippen LogP contribution in [0.2, 0.25) is 0 Å². The summed E-state index contributed by atoms with van der Waals surface area (Å²) < 4.78 is 0. The first-order valence-electron chi connectivity index (χ1n) is 6.47. The maximum absolute atomic E-state index is 5.62. The summed E-state index contributed by atoms with van der Waals surface area (Å²) >= 11 is 0. The van der Waals surface area contributed by atoms with Crippen LogP contribution in [0.5, 0.6) is 0 Å². The number of fused-ring (bicyclic) bond motifs is 1. The third-order valence-corrected chi connectivity index (χ3v) is 3.62. The van der Waals surface area contributed by atoms with Gasteiger partial charge in [-0.15, -0.1) is 0 Å². The highest BCUT2D eigenvalue weighted by atomic mass is 15.1. The van der Waals surface area contributed by atoms with Gasteiger partial charge >= 0.3 is 0 Å². The zero-order valence-corrected chi connectivity index (χ0v) is 10.5. The smallest absolute Gasteiger partial charge is 0.0429 e. The highest BCUT2D eigenvalue weighted by molar-refractivity contribution is 5.58. The third-order valence-electron chi connectivity index (χ3n) is 3.62. The lowest BCUT2D eigenvalue weighted by atomic mass is 10.1. The Morgan fingerprint density at radius 2 is 1.67 bits per heavy atom. The largest absolute Gasteiger partial charge is 0.367 e. The lowest BCUT2D eigenvalue weighted by molar-refractivity contribution is 0.835. The molecule has 0 atom stereocenters. The Bertz CT molecular complexity index is 531. The molecule has 1 aliphatic rings. The summed E-state index contributed by atoms with van der Waals surface area (Å²) in [5.74, 6) is 0. The maximum Gasteiger partial charge on any atom is 0.0429 e. The topological polar surface area (TPSA) is 29.3 Å². The van der Waals surface area contributed by atoms with Crippen molar-refractivity contribution in [1.29, 1.82) is 0 Å². The number of benzene rings is 2. The Labute approximate surface area is 108 Å². The number of para-hydroxylation sites is 1. The van der Waals surface area contributed by atoms with Crippen LogP contribution in [-0.4, -0.2) is 6.54 Å². The van der Waals surface area contributed by atoms with Crippen molar-refractivity contribution in [3.63, 3.8) is 0 Å². The van der Waals surface area contributed by atoms with Crippen LogP contribution in [0.25, 0.3) is 0 Å². The fraction of sp³-hybridized carbons (Fsp3) is 0.250. The molecule has 2 aromatic carbocycles. The summed E-state index contributed by atoms with van der Waals surface area (Å²) in [5.41, 5.74) is 11.0. The molecule has 0 aliphatic carbocycles. The van der Waals surface area contributed by atoms with Gasteiger partial charge < -0.3 is 10.6 Å². The summed E-state index contributed by atoms with van der Waals surface area (Å²) in [5, 5.41) is 0. The Kier molecular flexibility index (Phi) is 3.03. The van der Waals surface area contributed by atoms with E-state index in [4.69, 9.17) is 5.73 Å². The highest BCUT2D eigenvalue weighted by Crippen LogP contribution is 2.28. The lowest BCUT2D eigenvalue weighted by Gasteiger charge is -2.19. The minimum Gasteiger partial charge on any atom is -0.367 e. The summed E-state index contributed by atoms with van der Waals surface area (Å²) in [4.78, 5) is 2.45. The molecule has 0 aromatic heterocycles. The van der Waals surface area contributed by atoms with Crippen LogP contribution < -0.4 is 10.6 Å². The van der Waals surface area contributed by atoms with Gasteiger partial charge in [0.1, 0.15) is 0 Å². The predicted molar refractivity (Wildman–Crippen MR) is 75.5 cm³/mol. The number of hydrogen-bond acceptors (Lipinski definition) is 2. The summed E-state index contributed by atoms with van der Waals surface area (Å²) in [6, 6.07) is 17.3. The van der Waals surface area contributed by atoms with E-state index in [9.17, 15) is 0 Å². The Balaban J connectivity index is 1.77. The molecule has 0 unspecified atom stereocenters. The Hall–Kier alpha value is -1.80. The molecule has 1 heterocycles. The van der Waals surface area contributed by atoms with Crippen LogP contribution in [0, 0.1) is 0 Å². The molecule has 2 aromatic rings. The van der Waals surface area contributed by atoms with E-state index in [1.807, 2.05) is 0 Å². The van der Waals surface area contributed by atoms with Gasteiger partial charge in [0.05, 0.1) is 0 Å². The summed E-state index contributed by atoms with van der Waals surface area (Å²) in [6.07, 6.45) is 1.16. The van der Waals surface area contributed by atoms with Crippen molar-refractivity contribution < 1.29 is 0 Å². The van der Waals surface area contributed by atoms with Crippen LogP contribution in [0.3, 0.4) is 0 Å². The van der Waals surface area contributed by atoms with Crippen molar-refractivity contribution in [3.8, 4) is 0 Å². The van der Waals surface area contributed by atoms with E-state index in [2.05, 4.69) is 53.4 Å². The molecule has 2 heteroatoms. The molecule has 2 nitrogen and oxygen atoms in total. The SMILES string of the molecule is NCc1ccc(CN2CCc3ccccc32)cc1. The van der Waals surface area contributed by atoms with Crippen molar-refractivity contribution in [2.75, 3.05) is 11.4 Å². The number of nitrogens with zero attached hydrogens (tertiary/aromatic N) is 1. The van der Waals surface area contributed by atoms with Gasteiger partial charge in [0.15, 0.2) is 0 Å². The zero-order valence-electron chi connectivity index (χ0n) is 10.5. The molecule has 1 aliphatic heterocycles. The second-order valence-corrected chi connectivity index (χ2v) is 4.82. The first-order chi connectivity index (χ1) is 8.86. The molecular weight excluding hydrogens is 220 g/mol. The molecule has 92 valence electrons. The lowest BCUT2D eigenvalue weighted by Crippen LogP contribution is -2.19. The summed E-state index contributed by atoms with van der Waals surface area (Å²) in [6.45, 7) is 2.73.